The molecule has 1 aromatic carbocycles. The van der Waals surface area contributed by atoms with E-state index in [9.17, 15) is 9.18 Å². The van der Waals surface area contributed by atoms with Gasteiger partial charge in [0.05, 0.1) is 17.2 Å². The monoisotopic (exact) mass is 331 g/mol. The summed E-state index contributed by atoms with van der Waals surface area (Å²) in [5.41, 5.74) is 0.527. The Hall–Kier alpha value is -0.980. The number of halogens is 2. The molecule has 1 amide bonds. The van der Waals surface area contributed by atoms with Crippen molar-refractivity contribution in [1.82, 2.24) is 0 Å². The van der Waals surface area contributed by atoms with Gasteiger partial charge in [-0.2, -0.15) is 0 Å². The van der Waals surface area contributed by atoms with E-state index in [1.807, 2.05) is 0 Å². The minimum atomic E-state index is -0.368. The highest BCUT2D eigenvalue weighted by Gasteiger charge is 2.16. The Morgan fingerprint density at radius 3 is 3.11 bits per heavy atom. The topological polar surface area (TPSA) is 47.6 Å². The predicted octanol–water partition coefficient (Wildman–Crippen LogP) is 2.72. The van der Waals surface area contributed by atoms with E-state index in [-0.39, 0.29) is 24.4 Å². The SMILES string of the molecule is O=C(COC[C@@H]1CCCO1)Nc1ccc(F)c(Br)c1. The molecule has 1 heterocycles. The summed E-state index contributed by atoms with van der Waals surface area (Å²) in [5, 5.41) is 2.63. The molecular formula is C13H15BrFNO3. The van der Waals surface area contributed by atoms with E-state index in [0.717, 1.165) is 19.4 Å². The maximum absolute atomic E-state index is 13.0. The van der Waals surface area contributed by atoms with Crippen LogP contribution in [0.25, 0.3) is 0 Å². The van der Waals surface area contributed by atoms with Gasteiger partial charge in [0.1, 0.15) is 12.4 Å². The smallest absolute Gasteiger partial charge is 0.250 e. The summed E-state index contributed by atoms with van der Waals surface area (Å²) in [6.45, 7) is 1.17. The van der Waals surface area contributed by atoms with E-state index in [1.165, 1.54) is 18.2 Å². The molecule has 6 heteroatoms. The lowest BCUT2D eigenvalue weighted by atomic mass is 10.2. The number of rotatable bonds is 5. The molecule has 0 spiro atoms. The number of carbonyl (C=O) groups is 1. The average molecular weight is 332 g/mol. The van der Waals surface area contributed by atoms with Crippen LogP contribution in [0.4, 0.5) is 10.1 Å². The van der Waals surface area contributed by atoms with Gasteiger partial charge in [0, 0.05) is 12.3 Å². The van der Waals surface area contributed by atoms with Gasteiger partial charge < -0.3 is 14.8 Å². The highest BCUT2D eigenvalue weighted by Crippen LogP contribution is 2.19. The minimum Gasteiger partial charge on any atom is -0.376 e. The third-order valence-corrected chi connectivity index (χ3v) is 3.37. The van der Waals surface area contributed by atoms with E-state index < -0.39 is 0 Å². The molecule has 1 atom stereocenters. The number of ether oxygens (including phenoxy) is 2. The maximum atomic E-state index is 13.0. The predicted molar refractivity (Wildman–Crippen MR) is 72.5 cm³/mol. The van der Waals surface area contributed by atoms with Crippen molar-refractivity contribution in [3.63, 3.8) is 0 Å². The van der Waals surface area contributed by atoms with Gasteiger partial charge in [0.15, 0.2) is 0 Å². The number of amides is 1. The molecule has 0 radical (unpaired) electrons. The molecule has 1 fully saturated rings. The number of benzene rings is 1. The van der Waals surface area contributed by atoms with Gasteiger partial charge in [-0.1, -0.05) is 0 Å². The first-order valence-corrected chi connectivity index (χ1v) is 6.88. The Labute approximate surface area is 119 Å². The Kier molecular flexibility index (Phi) is 5.30. The van der Waals surface area contributed by atoms with Gasteiger partial charge in [-0.15, -0.1) is 0 Å². The van der Waals surface area contributed by atoms with E-state index in [2.05, 4.69) is 21.2 Å². The fourth-order valence-corrected chi connectivity index (χ4v) is 2.21. The maximum Gasteiger partial charge on any atom is 0.250 e. The van der Waals surface area contributed by atoms with E-state index >= 15 is 0 Å². The van der Waals surface area contributed by atoms with Crippen LogP contribution in [0.3, 0.4) is 0 Å². The second kappa shape index (κ2) is 6.98. The van der Waals surface area contributed by atoms with Crippen molar-refractivity contribution in [3.8, 4) is 0 Å². The molecule has 104 valence electrons. The standard InChI is InChI=1S/C13H15BrFNO3/c14-11-6-9(3-4-12(11)15)16-13(17)8-18-7-10-2-1-5-19-10/h3-4,6,10H,1-2,5,7-8H2,(H,16,17)/t10-/m0/s1. The third kappa shape index (κ3) is 4.56. The summed E-state index contributed by atoms with van der Waals surface area (Å²) in [6.07, 6.45) is 2.13. The first-order valence-electron chi connectivity index (χ1n) is 6.09. The number of anilines is 1. The lowest BCUT2D eigenvalue weighted by molar-refractivity contribution is -0.121. The molecule has 1 aliphatic heterocycles. The summed E-state index contributed by atoms with van der Waals surface area (Å²) in [5.74, 6) is -0.635. The molecule has 0 aliphatic carbocycles. The molecule has 19 heavy (non-hydrogen) atoms. The van der Waals surface area contributed by atoms with Crippen molar-refractivity contribution in [2.45, 2.75) is 18.9 Å². The second-order valence-electron chi connectivity index (χ2n) is 4.33. The fraction of sp³-hybridized carbons (Fsp3) is 0.462. The first-order chi connectivity index (χ1) is 9.15. The molecular weight excluding hydrogens is 317 g/mol. The van der Waals surface area contributed by atoms with Crippen LogP contribution < -0.4 is 5.32 Å². The van der Waals surface area contributed by atoms with E-state index in [4.69, 9.17) is 9.47 Å². The molecule has 1 saturated heterocycles. The summed E-state index contributed by atoms with van der Waals surface area (Å²) in [6, 6.07) is 4.29. The van der Waals surface area contributed by atoms with Gasteiger partial charge in [-0.05, 0) is 47.0 Å². The Morgan fingerprint density at radius 2 is 2.42 bits per heavy atom. The van der Waals surface area contributed by atoms with Crippen LogP contribution in [0.5, 0.6) is 0 Å². The van der Waals surface area contributed by atoms with Gasteiger partial charge in [-0.3, -0.25) is 4.79 Å². The van der Waals surface area contributed by atoms with Crippen LogP contribution in [-0.4, -0.2) is 31.8 Å². The van der Waals surface area contributed by atoms with Crippen molar-refractivity contribution in [2.24, 2.45) is 0 Å². The van der Waals surface area contributed by atoms with Crippen molar-refractivity contribution < 1.29 is 18.7 Å². The van der Waals surface area contributed by atoms with E-state index in [0.29, 0.717) is 16.8 Å². The number of carbonyl (C=O) groups excluding carboxylic acids is 1. The van der Waals surface area contributed by atoms with Crippen molar-refractivity contribution in [1.29, 1.82) is 0 Å². The molecule has 1 N–H and O–H groups in total. The zero-order valence-electron chi connectivity index (χ0n) is 10.3. The van der Waals surface area contributed by atoms with Gasteiger partial charge in [0.25, 0.3) is 0 Å². The highest BCUT2D eigenvalue weighted by molar-refractivity contribution is 9.10. The van der Waals surface area contributed by atoms with Gasteiger partial charge in [0.2, 0.25) is 5.91 Å². The molecule has 0 unspecified atom stereocenters. The van der Waals surface area contributed by atoms with Crippen LogP contribution >= 0.6 is 15.9 Å². The zero-order chi connectivity index (χ0) is 13.7. The summed E-state index contributed by atoms with van der Waals surface area (Å²) >= 11 is 3.06. The van der Waals surface area contributed by atoms with Crippen molar-refractivity contribution in [3.05, 3.63) is 28.5 Å². The Balaban J connectivity index is 1.72. The van der Waals surface area contributed by atoms with Crippen LogP contribution in [0.1, 0.15) is 12.8 Å². The largest absolute Gasteiger partial charge is 0.376 e. The number of nitrogens with one attached hydrogen (secondary N) is 1. The zero-order valence-corrected chi connectivity index (χ0v) is 11.9. The Bertz CT molecular complexity index is 450. The Morgan fingerprint density at radius 1 is 1.58 bits per heavy atom. The van der Waals surface area contributed by atoms with E-state index in [1.54, 1.807) is 0 Å². The normalized spacial score (nSPS) is 18.5. The molecule has 0 saturated carbocycles. The lowest BCUT2D eigenvalue weighted by Gasteiger charge is -2.10. The average Bonchev–Trinajstić information content (AvgIpc) is 2.87. The number of hydrogen-bond acceptors (Lipinski definition) is 3. The first kappa shape index (κ1) is 14.4. The third-order valence-electron chi connectivity index (χ3n) is 2.76. The molecule has 0 bridgehead atoms. The molecule has 1 aliphatic rings. The van der Waals surface area contributed by atoms with Gasteiger partial charge >= 0.3 is 0 Å². The quantitative estimate of drug-likeness (QED) is 0.902. The van der Waals surface area contributed by atoms with Crippen LogP contribution in [0, 0.1) is 5.82 Å². The summed E-state index contributed by atoms with van der Waals surface area (Å²) < 4.78 is 24.0. The van der Waals surface area contributed by atoms with Crippen LogP contribution in [0.2, 0.25) is 0 Å². The van der Waals surface area contributed by atoms with Crippen molar-refractivity contribution >= 4 is 27.5 Å². The molecule has 1 aromatic rings. The summed E-state index contributed by atoms with van der Waals surface area (Å²) in [7, 11) is 0. The summed E-state index contributed by atoms with van der Waals surface area (Å²) in [4.78, 5) is 11.6. The fourth-order valence-electron chi connectivity index (χ4n) is 1.83. The number of hydrogen-bond donors (Lipinski definition) is 1. The second-order valence-corrected chi connectivity index (χ2v) is 5.18. The highest BCUT2D eigenvalue weighted by atomic mass is 79.9. The van der Waals surface area contributed by atoms with Crippen LogP contribution in [0.15, 0.2) is 22.7 Å². The minimum absolute atomic E-state index is 0.0329. The molecule has 4 nitrogen and oxygen atoms in total. The lowest BCUT2D eigenvalue weighted by Crippen LogP contribution is -2.22. The van der Waals surface area contributed by atoms with Crippen LogP contribution in [-0.2, 0) is 14.3 Å². The molecule has 2 rings (SSSR count). The van der Waals surface area contributed by atoms with Gasteiger partial charge in [-0.25, -0.2) is 4.39 Å². The van der Waals surface area contributed by atoms with Crippen molar-refractivity contribution in [2.75, 3.05) is 25.1 Å². The molecule has 0 aromatic heterocycles.